The summed E-state index contributed by atoms with van der Waals surface area (Å²) in [4.78, 5) is 4.13. The van der Waals surface area contributed by atoms with Gasteiger partial charge in [0.25, 0.3) is 0 Å². The standard InChI is InChI=1S/C13H13FN2/c1-9-6-11(4-5-16-9)10-2-3-13(14)12(7-10)8-15/h2-7H,8,15H2,1H3. The minimum Gasteiger partial charge on any atom is -0.326 e. The molecule has 1 aromatic heterocycles. The first-order valence-electron chi connectivity index (χ1n) is 5.12. The molecule has 0 atom stereocenters. The largest absolute Gasteiger partial charge is 0.326 e. The topological polar surface area (TPSA) is 38.9 Å². The van der Waals surface area contributed by atoms with Crippen LogP contribution in [0.5, 0.6) is 0 Å². The third kappa shape index (κ3) is 2.09. The molecule has 0 radical (unpaired) electrons. The summed E-state index contributed by atoms with van der Waals surface area (Å²) in [5.74, 6) is -0.253. The first kappa shape index (κ1) is 10.8. The zero-order valence-electron chi connectivity index (χ0n) is 9.07. The molecule has 2 rings (SSSR count). The first-order chi connectivity index (χ1) is 7.70. The van der Waals surface area contributed by atoms with Crippen LogP contribution in [0, 0.1) is 12.7 Å². The number of aryl methyl sites for hydroxylation is 1. The monoisotopic (exact) mass is 216 g/mol. The summed E-state index contributed by atoms with van der Waals surface area (Å²) in [6.45, 7) is 2.14. The van der Waals surface area contributed by atoms with Crippen molar-refractivity contribution in [3.63, 3.8) is 0 Å². The average Bonchev–Trinajstić information content (AvgIpc) is 2.29. The number of rotatable bonds is 2. The number of hydrogen-bond donors (Lipinski definition) is 1. The Morgan fingerprint density at radius 1 is 1.19 bits per heavy atom. The van der Waals surface area contributed by atoms with Gasteiger partial charge in [0, 0.05) is 24.0 Å². The average molecular weight is 216 g/mol. The van der Waals surface area contributed by atoms with Gasteiger partial charge in [-0.2, -0.15) is 0 Å². The molecule has 0 unspecified atom stereocenters. The third-order valence-corrected chi connectivity index (χ3v) is 2.50. The smallest absolute Gasteiger partial charge is 0.127 e. The van der Waals surface area contributed by atoms with E-state index in [9.17, 15) is 4.39 Å². The van der Waals surface area contributed by atoms with E-state index < -0.39 is 0 Å². The van der Waals surface area contributed by atoms with Crippen LogP contribution >= 0.6 is 0 Å². The maximum atomic E-state index is 13.3. The summed E-state index contributed by atoms with van der Waals surface area (Å²) in [6.07, 6.45) is 1.75. The van der Waals surface area contributed by atoms with E-state index in [1.807, 2.05) is 19.1 Å². The van der Waals surface area contributed by atoms with Gasteiger partial charge in [0.2, 0.25) is 0 Å². The summed E-state index contributed by atoms with van der Waals surface area (Å²) >= 11 is 0. The highest BCUT2D eigenvalue weighted by Gasteiger charge is 2.04. The number of aromatic nitrogens is 1. The molecule has 1 aromatic carbocycles. The zero-order valence-corrected chi connectivity index (χ0v) is 9.07. The van der Waals surface area contributed by atoms with Gasteiger partial charge < -0.3 is 5.73 Å². The van der Waals surface area contributed by atoms with Crippen LogP contribution in [0.4, 0.5) is 4.39 Å². The lowest BCUT2D eigenvalue weighted by molar-refractivity contribution is 0.611. The number of nitrogens with zero attached hydrogens (tertiary/aromatic N) is 1. The molecule has 0 amide bonds. The normalized spacial score (nSPS) is 10.4. The summed E-state index contributed by atoms with van der Waals surface area (Å²) in [5.41, 5.74) is 8.95. The minimum atomic E-state index is -0.253. The molecule has 0 saturated carbocycles. The van der Waals surface area contributed by atoms with E-state index in [0.29, 0.717) is 5.56 Å². The fourth-order valence-electron chi connectivity index (χ4n) is 1.64. The van der Waals surface area contributed by atoms with Crippen LogP contribution < -0.4 is 5.73 Å². The molecule has 82 valence electrons. The SMILES string of the molecule is Cc1cc(-c2ccc(F)c(CN)c2)ccn1. The fourth-order valence-corrected chi connectivity index (χ4v) is 1.64. The van der Waals surface area contributed by atoms with Crippen molar-refractivity contribution in [1.82, 2.24) is 4.98 Å². The molecule has 0 fully saturated rings. The molecule has 0 spiro atoms. The van der Waals surface area contributed by atoms with Gasteiger partial charge in [-0.15, -0.1) is 0 Å². The maximum Gasteiger partial charge on any atom is 0.127 e. The van der Waals surface area contributed by atoms with E-state index in [1.165, 1.54) is 6.07 Å². The number of benzene rings is 1. The Bertz CT molecular complexity index is 509. The van der Waals surface area contributed by atoms with Crippen molar-refractivity contribution in [2.24, 2.45) is 5.73 Å². The Morgan fingerprint density at radius 2 is 1.94 bits per heavy atom. The zero-order chi connectivity index (χ0) is 11.5. The van der Waals surface area contributed by atoms with Crippen LogP contribution in [0.1, 0.15) is 11.3 Å². The lowest BCUT2D eigenvalue weighted by Gasteiger charge is -2.05. The van der Waals surface area contributed by atoms with Gasteiger partial charge in [0.15, 0.2) is 0 Å². The number of hydrogen-bond acceptors (Lipinski definition) is 2. The van der Waals surface area contributed by atoms with Crippen molar-refractivity contribution in [2.75, 3.05) is 0 Å². The van der Waals surface area contributed by atoms with Gasteiger partial charge in [-0.05, 0) is 42.3 Å². The molecule has 0 aliphatic carbocycles. The third-order valence-electron chi connectivity index (χ3n) is 2.50. The van der Waals surface area contributed by atoms with Gasteiger partial charge in [0.1, 0.15) is 5.82 Å². The number of pyridine rings is 1. The Kier molecular flexibility index (Phi) is 2.97. The first-order valence-corrected chi connectivity index (χ1v) is 5.12. The van der Waals surface area contributed by atoms with E-state index >= 15 is 0 Å². The van der Waals surface area contributed by atoms with Gasteiger partial charge in [-0.3, -0.25) is 4.98 Å². The maximum absolute atomic E-state index is 13.3. The van der Waals surface area contributed by atoms with Crippen molar-refractivity contribution in [3.05, 3.63) is 53.6 Å². The van der Waals surface area contributed by atoms with Crippen molar-refractivity contribution in [1.29, 1.82) is 0 Å². The molecule has 0 aliphatic rings. The highest BCUT2D eigenvalue weighted by Crippen LogP contribution is 2.22. The number of halogens is 1. The van der Waals surface area contributed by atoms with Crippen LogP contribution in [0.3, 0.4) is 0 Å². The van der Waals surface area contributed by atoms with Crippen LogP contribution in [0.2, 0.25) is 0 Å². The van der Waals surface area contributed by atoms with Crippen LogP contribution in [0.25, 0.3) is 11.1 Å². The van der Waals surface area contributed by atoms with Crippen LogP contribution in [-0.4, -0.2) is 4.98 Å². The Hall–Kier alpha value is -1.74. The van der Waals surface area contributed by atoms with Gasteiger partial charge >= 0.3 is 0 Å². The van der Waals surface area contributed by atoms with E-state index in [2.05, 4.69) is 4.98 Å². The molecular weight excluding hydrogens is 203 g/mol. The highest BCUT2D eigenvalue weighted by molar-refractivity contribution is 5.64. The highest BCUT2D eigenvalue weighted by atomic mass is 19.1. The van der Waals surface area contributed by atoms with Gasteiger partial charge in [-0.1, -0.05) is 6.07 Å². The summed E-state index contributed by atoms with van der Waals surface area (Å²) in [6, 6.07) is 8.86. The molecule has 2 aromatic rings. The van der Waals surface area contributed by atoms with E-state index in [1.54, 1.807) is 18.3 Å². The molecule has 0 aliphatic heterocycles. The lowest BCUT2D eigenvalue weighted by Crippen LogP contribution is -1.99. The van der Waals surface area contributed by atoms with Crippen molar-refractivity contribution in [2.45, 2.75) is 13.5 Å². The summed E-state index contributed by atoms with van der Waals surface area (Å²) in [7, 11) is 0. The van der Waals surface area contributed by atoms with Crippen molar-refractivity contribution in [3.8, 4) is 11.1 Å². The second-order valence-corrected chi connectivity index (χ2v) is 3.70. The molecule has 16 heavy (non-hydrogen) atoms. The predicted octanol–water partition coefficient (Wildman–Crippen LogP) is 2.65. The second kappa shape index (κ2) is 4.41. The fraction of sp³-hybridized carbons (Fsp3) is 0.154. The molecule has 3 heteroatoms. The summed E-state index contributed by atoms with van der Waals surface area (Å²) in [5, 5.41) is 0. The van der Waals surface area contributed by atoms with E-state index in [-0.39, 0.29) is 12.4 Å². The van der Waals surface area contributed by atoms with Gasteiger partial charge in [0.05, 0.1) is 0 Å². The quantitative estimate of drug-likeness (QED) is 0.838. The molecule has 0 saturated heterocycles. The van der Waals surface area contributed by atoms with E-state index in [0.717, 1.165) is 16.8 Å². The number of nitrogens with two attached hydrogens (primary N) is 1. The molecule has 2 nitrogen and oxygen atoms in total. The molecule has 1 heterocycles. The van der Waals surface area contributed by atoms with E-state index in [4.69, 9.17) is 5.73 Å². The van der Waals surface area contributed by atoms with Crippen LogP contribution in [-0.2, 0) is 6.54 Å². The van der Waals surface area contributed by atoms with Crippen molar-refractivity contribution < 1.29 is 4.39 Å². The predicted molar refractivity (Wildman–Crippen MR) is 62.3 cm³/mol. The summed E-state index contributed by atoms with van der Waals surface area (Å²) < 4.78 is 13.3. The Balaban J connectivity index is 2.48. The molecular formula is C13H13FN2. The van der Waals surface area contributed by atoms with Crippen LogP contribution in [0.15, 0.2) is 36.5 Å². The lowest BCUT2D eigenvalue weighted by atomic mass is 10.0. The Labute approximate surface area is 93.9 Å². The molecule has 2 N–H and O–H groups in total. The van der Waals surface area contributed by atoms with Gasteiger partial charge in [-0.25, -0.2) is 4.39 Å². The Morgan fingerprint density at radius 3 is 2.62 bits per heavy atom. The second-order valence-electron chi connectivity index (χ2n) is 3.70. The molecule has 0 bridgehead atoms. The minimum absolute atomic E-state index is 0.212. The van der Waals surface area contributed by atoms with Crippen molar-refractivity contribution >= 4 is 0 Å².